The maximum Gasteiger partial charge on any atom is 0.338 e. The molecule has 0 unspecified atom stereocenters. The molecule has 0 N–H and O–H groups in total. The topological polar surface area (TPSA) is 73.6 Å². The minimum atomic E-state index is -0.564. The number of benzene rings is 2. The highest BCUT2D eigenvalue weighted by molar-refractivity contribution is 5.91. The lowest BCUT2D eigenvalue weighted by Crippen LogP contribution is -2.49. The van der Waals surface area contributed by atoms with Crippen molar-refractivity contribution in [3.8, 4) is 6.07 Å². The van der Waals surface area contributed by atoms with Crippen molar-refractivity contribution in [1.29, 1.82) is 5.26 Å². The molecule has 2 aromatic rings. The van der Waals surface area contributed by atoms with Gasteiger partial charge in [0, 0.05) is 31.9 Å². The first-order chi connectivity index (χ1) is 12.7. The monoisotopic (exact) mass is 349 g/mol. The number of hydrogen-bond acceptors (Lipinski definition) is 5. The molecular formula is C20H19N3O3. The van der Waals surface area contributed by atoms with Gasteiger partial charge in [-0.2, -0.15) is 5.26 Å². The van der Waals surface area contributed by atoms with Crippen LogP contribution < -0.4 is 4.90 Å². The van der Waals surface area contributed by atoms with Gasteiger partial charge in [-0.15, -0.1) is 0 Å². The van der Waals surface area contributed by atoms with Gasteiger partial charge >= 0.3 is 5.97 Å². The third kappa shape index (κ3) is 4.19. The van der Waals surface area contributed by atoms with Gasteiger partial charge in [-0.1, -0.05) is 18.2 Å². The summed E-state index contributed by atoms with van der Waals surface area (Å²) in [5.41, 5.74) is 1.94. The van der Waals surface area contributed by atoms with E-state index < -0.39 is 5.97 Å². The third-order valence-electron chi connectivity index (χ3n) is 4.33. The molecule has 6 heteroatoms. The largest absolute Gasteiger partial charge is 0.452 e. The maximum absolute atomic E-state index is 12.3. The Hall–Kier alpha value is -3.33. The summed E-state index contributed by atoms with van der Waals surface area (Å²) in [5.74, 6) is -0.759. The predicted molar refractivity (Wildman–Crippen MR) is 96.7 cm³/mol. The van der Waals surface area contributed by atoms with E-state index in [0.29, 0.717) is 24.2 Å². The minimum Gasteiger partial charge on any atom is -0.452 e. The molecule has 0 spiro atoms. The van der Waals surface area contributed by atoms with Crippen LogP contribution in [0.5, 0.6) is 0 Å². The van der Waals surface area contributed by atoms with Crippen LogP contribution in [0.25, 0.3) is 0 Å². The average Bonchev–Trinajstić information content (AvgIpc) is 2.72. The molecular weight excluding hydrogens is 330 g/mol. The number of esters is 1. The molecule has 1 fully saturated rings. The van der Waals surface area contributed by atoms with Gasteiger partial charge in [-0.05, 0) is 36.4 Å². The van der Waals surface area contributed by atoms with Crippen molar-refractivity contribution in [2.75, 3.05) is 37.7 Å². The highest BCUT2D eigenvalue weighted by atomic mass is 16.5. The molecule has 0 aliphatic carbocycles. The van der Waals surface area contributed by atoms with Crippen LogP contribution in [0.3, 0.4) is 0 Å². The van der Waals surface area contributed by atoms with Crippen LogP contribution in [0.15, 0.2) is 54.6 Å². The van der Waals surface area contributed by atoms with E-state index in [0.717, 1.165) is 18.8 Å². The molecule has 26 heavy (non-hydrogen) atoms. The Morgan fingerprint density at radius 3 is 2.23 bits per heavy atom. The van der Waals surface area contributed by atoms with E-state index in [1.807, 2.05) is 24.3 Å². The Morgan fingerprint density at radius 2 is 1.62 bits per heavy atom. The molecule has 1 saturated heterocycles. The maximum atomic E-state index is 12.3. The van der Waals surface area contributed by atoms with E-state index in [1.54, 1.807) is 17.0 Å². The Kier molecular flexibility index (Phi) is 5.49. The van der Waals surface area contributed by atoms with Gasteiger partial charge in [-0.25, -0.2) is 4.79 Å². The van der Waals surface area contributed by atoms with Crippen LogP contribution in [0, 0.1) is 11.3 Å². The molecule has 1 aliphatic heterocycles. The number of nitrogens with zero attached hydrogens (tertiary/aromatic N) is 3. The van der Waals surface area contributed by atoms with Gasteiger partial charge in [-0.3, -0.25) is 4.79 Å². The van der Waals surface area contributed by atoms with E-state index >= 15 is 0 Å². The number of para-hydroxylation sites is 1. The van der Waals surface area contributed by atoms with Crippen LogP contribution in [0.4, 0.5) is 5.69 Å². The van der Waals surface area contributed by atoms with Crippen molar-refractivity contribution in [3.05, 3.63) is 65.7 Å². The van der Waals surface area contributed by atoms with Crippen molar-refractivity contribution >= 4 is 17.6 Å². The van der Waals surface area contributed by atoms with E-state index in [9.17, 15) is 9.59 Å². The number of carbonyl (C=O) groups is 2. The van der Waals surface area contributed by atoms with Crippen molar-refractivity contribution in [2.24, 2.45) is 0 Å². The Morgan fingerprint density at radius 1 is 0.962 bits per heavy atom. The number of nitriles is 1. The SMILES string of the molecule is N#Cc1ccc(C(=O)OCC(=O)N2CCN(c3ccccc3)CC2)cc1. The molecule has 0 aromatic heterocycles. The lowest BCUT2D eigenvalue weighted by molar-refractivity contribution is -0.134. The number of amides is 1. The van der Waals surface area contributed by atoms with Gasteiger partial charge in [0.05, 0.1) is 17.2 Å². The van der Waals surface area contributed by atoms with Gasteiger partial charge in [0.2, 0.25) is 0 Å². The van der Waals surface area contributed by atoms with Crippen molar-refractivity contribution in [1.82, 2.24) is 4.90 Å². The second kappa shape index (κ2) is 8.17. The predicted octanol–water partition coefficient (Wildman–Crippen LogP) is 2.06. The second-order valence-corrected chi connectivity index (χ2v) is 5.97. The summed E-state index contributed by atoms with van der Waals surface area (Å²) in [5, 5.41) is 8.76. The fourth-order valence-corrected chi connectivity index (χ4v) is 2.84. The first kappa shape index (κ1) is 17.5. The quantitative estimate of drug-likeness (QED) is 0.790. The molecule has 1 amide bonds. The zero-order chi connectivity index (χ0) is 18.4. The fraction of sp³-hybridized carbons (Fsp3) is 0.250. The summed E-state index contributed by atoms with van der Waals surface area (Å²) in [4.78, 5) is 28.2. The number of ether oxygens (including phenoxy) is 1. The number of hydrogen-bond donors (Lipinski definition) is 0. The zero-order valence-corrected chi connectivity index (χ0v) is 14.3. The smallest absolute Gasteiger partial charge is 0.338 e. The first-order valence-electron chi connectivity index (χ1n) is 8.42. The second-order valence-electron chi connectivity index (χ2n) is 5.97. The van der Waals surface area contributed by atoms with Crippen LogP contribution in [0.1, 0.15) is 15.9 Å². The van der Waals surface area contributed by atoms with Crippen LogP contribution >= 0.6 is 0 Å². The van der Waals surface area contributed by atoms with Gasteiger partial charge in [0.25, 0.3) is 5.91 Å². The molecule has 6 nitrogen and oxygen atoms in total. The molecule has 0 atom stereocenters. The number of carbonyl (C=O) groups excluding carboxylic acids is 2. The van der Waals surface area contributed by atoms with Crippen LogP contribution in [0.2, 0.25) is 0 Å². The highest BCUT2D eigenvalue weighted by Gasteiger charge is 2.22. The molecule has 0 radical (unpaired) electrons. The van der Waals surface area contributed by atoms with Crippen molar-refractivity contribution in [2.45, 2.75) is 0 Å². The summed E-state index contributed by atoms with van der Waals surface area (Å²) in [6, 6.07) is 18.2. The van der Waals surface area contributed by atoms with Crippen LogP contribution in [-0.2, 0) is 9.53 Å². The summed E-state index contributed by atoms with van der Waals surface area (Å²) >= 11 is 0. The molecule has 1 aliphatic rings. The Bertz CT molecular complexity index is 804. The van der Waals surface area contributed by atoms with Crippen LogP contribution in [-0.4, -0.2) is 49.6 Å². The number of piperazine rings is 1. The van der Waals surface area contributed by atoms with Gasteiger partial charge in [0.15, 0.2) is 6.61 Å². The van der Waals surface area contributed by atoms with E-state index in [-0.39, 0.29) is 12.5 Å². The molecule has 2 aromatic carbocycles. The Labute approximate surface area is 152 Å². The zero-order valence-electron chi connectivity index (χ0n) is 14.3. The van der Waals surface area contributed by atoms with E-state index in [4.69, 9.17) is 10.00 Å². The van der Waals surface area contributed by atoms with E-state index in [1.165, 1.54) is 12.1 Å². The number of rotatable bonds is 4. The standard InChI is InChI=1S/C20H19N3O3/c21-14-16-6-8-17(9-7-16)20(25)26-15-19(24)23-12-10-22(11-13-23)18-4-2-1-3-5-18/h1-9H,10-13,15H2. The van der Waals surface area contributed by atoms with Crippen molar-refractivity contribution in [3.63, 3.8) is 0 Å². The van der Waals surface area contributed by atoms with E-state index in [2.05, 4.69) is 17.0 Å². The fourth-order valence-electron chi connectivity index (χ4n) is 2.84. The molecule has 0 bridgehead atoms. The molecule has 132 valence electrons. The van der Waals surface area contributed by atoms with Crippen molar-refractivity contribution < 1.29 is 14.3 Å². The highest BCUT2D eigenvalue weighted by Crippen LogP contribution is 2.15. The first-order valence-corrected chi connectivity index (χ1v) is 8.42. The lowest BCUT2D eigenvalue weighted by Gasteiger charge is -2.36. The van der Waals surface area contributed by atoms with Gasteiger partial charge in [0.1, 0.15) is 0 Å². The summed E-state index contributed by atoms with van der Waals surface area (Å²) in [7, 11) is 0. The normalized spacial score (nSPS) is 13.8. The summed E-state index contributed by atoms with van der Waals surface area (Å²) < 4.78 is 5.10. The average molecular weight is 349 g/mol. The molecule has 1 heterocycles. The third-order valence-corrected chi connectivity index (χ3v) is 4.33. The summed E-state index contributed by atoms with van der Waals surface area (Å²) in [6.45, 7) is 2.42. The number of anilines is 1. The lowest BCUT2D eigenvalue weighted by atomic mass is 10.1. The summed E-state index contributed by atoms with van der Waals surface area (Å²) in [6.07, 6.45) is 0. The minimum absolute atomic E-state index is 0.195. The molecule has 3 rings (SSSR count). The van der Waals surface area contributed by atoms with Gasteiger partial charge < -0.3 is 14.5 Å². The molecule has 0 saturated carbocycles. The Balaban J connectivity index is 1.47.